The van der Waals surface area contributed by atoms with Crippen molar-refractivity contribution < 1.29 is 35.4 Å². The Hall–Kier alpha value is -1.12. The van der Waals surface area contributed by atoms with Crippen molar-refractivity contribution in [3.8, 4) is 0 Å². The van der Waals surface area contributed by atoms with E-state index in [9.17, 15) is 30.7 Å². The average molecular weight is 326 g/mol. The topological polar surface area (TPSA) is 77.5 Å². The first-order valence-electron chi connectivity index (χ1n) is 6.63. The molecular weight excluding hydrogens is 313 g/mol. The largest absolute Gasteiger partial charge is 0.470 e. The Morgan fingerprint density at radius 2 is 1.71 bits per heavy atom. The average Bonchev–Trinajstić information content (AvgIpc) is 2.32. The lowest BCUT2D eigenvalue weighted by Crippen LogP contribution is -2.58. The van der Waals surface area contributed by atoms with E-state index in [4.69, 9.17) is 4.74 Å². The molecule has 0 aromatic carbocycles. The van der Waals surface area contributed by atoms with Gasteiger partial charge in [-0.25, -0.2) is 4.79 Å². The van der Waals surface area contributed by atoms with E-state index in [1.165, 1.54) is 0 Å². The number of carbonyl (C=O) groups is 2. The van der Waals surface area contributed by atoms with Gasteiger partial charge in [-0.05, 0) is 38.0 Å². The van der Waals surface area contributed by atoms with E-state index in [-0.39, 0.29) is 36.4 Å². The zero-order chi connectivity index (χ0) is 15.6. The third-order valence-electron chi connectivity index (χ3n) is 4.79. The second kappa shape index (κ2) is 4.21. The van der Waals surface area contributed by atoms with Gasteiger partial charge in [0.05, 0.1) is 0 Å². The van der Waals surface area contributed by atoms with Crippen LogP contribution >= 0.6 is 0 Å². The summed E-state index contributed by atoms with van der Waals surface area (Å²) in [4.78, 5) is 23.3. The maximum Gasteiger partial charge on any atom is 0.470 e. The Balaban J connectivity index is 1.83. The highest BCUT2D eigenvalue weighted by Gasteiger charge is 2.62. The molecule has 0 aromatic heterocycles. The van der Waals surface area contributed by atoms with Crippen LogP contribution in [0, 0.1) is 17.8 Å². The van der Waals surface area contributed by atoms with E-state index >= 15 is 0 Å². The molecule has 4 rings (SSSR count). The number of esters is 1. The molecule has 0 N–H and O–H groups in total. The van der Waals surface area contributed by atoms with Crippen LogP contribution < -0.4 is 0 Å². The Morgan fingerprint density at radius 3 is 2.19 bits per heavy atom. The molecule has 0 aromatic rings. The van der Waals surface area contributed by atoms with Crippen LogP contribution in [0.4, 0.5) is 12.7 Å². The molecule has 118 valence electrons. The molecule has 4 bridgehead atoms. The lowest BCUT2D eigenvalue weighted by atomic mass is 9.53. The maximum absolute atomic E-state index is 13.2. The van der Waals surface area contributed by atoms with Gasteiger partial charge in [0.15, 0.2) is 0 Å². The Labute approximate surface area is 119 Å². The standard InChI is InChI=1S/C12H13F3O5S/c13-12(14,21(15,18)19)10(17)20-11-3-6-1-7(4-11)9(16)8(2-6)5-11/h6-8H,1-5H2. The van der Waals surface area contributed by atoms with E-state index in [2.05, 4.69) is 0 Å². The summed E-state index contributed by atoms with van der Waals surface area (Å²) in [6.07, 6.45) is 1.85. The van der Waals surface area contributed by atoms with E-state index in [1.807, 2.05) is 0 Å². The number of alkyl halides is 2. The minimum atomic E-state index is -6.37. The van der Waals surface area contributed by atoms with Gasteiger partial charge in [-0.1, -0.05) is 3.89 Å². The fourth-order valence-corrected chi connectivity index (χ4v) is 4.40. The van der Waals surface area contributed by atoms with Crippen molar-refractivity contribution in [2.45, 2.75) is 43.0 Å². The molecule has 2 unspecified atom stereocenters. The van der Waals surface area contributed by atoms with Crippen molar-refractivity contribution >= 4 is 22.0 Å². The van der Waals surface area contributed by atoms with Crippen molar-refractivity contribution in [2.24, 2.45) is 17.8 Å². The number of ether oxygens (including phenoxy) is 1. The smallest absolute Gasteiger partial charge is 0.454 e. The number of ketones is 1. The zero-order valence-electron chi connectivity index (χ0n) is 10.9. The summed E-state index contributed by atoms with van der Waals surface area (Å²) in [7, 11) is -6.37. The van der Waals surface area contributed by atoms with E-state index < -0.39 is 27.0 Å². The molecule has 21 heavy (non-hydrogen) atoms. The van der Waals surface area contributed by atoms with Crippen LogP contribution in [0.5, 0.6) is 0 Å². The third kappa shape index (κ3) is 2.16. The second-order valence-corrected chi connectivity index (χ2v) is 7.66. The lowest BCUT2D eigenvalue weighted by molar-refractivity contribution is -0.201. The molecule has 0 radical (unpaired) electrons. The van der Waals surface area contributed by atoms with Gasteiger partial charge in [-0.3, -0.25) is 4.79 Å². The summed E-state index contributed by atoms with van der Waals surface area (Å²) in [5, 5.41) is -5.21. The molecule has 4 fully saturated rings. The highest BCUT2D eigenvalue weighted by molar-refractivity contribution is 7.88. The van der Waals surface area contributed by atoms with Crippen molar-refractivity contribution in [1.82, 2.24) is 0 Å². The lowest BCUT2D eigenvalue weighted by Gasteiger charge is -2.54. The summed E-state index contributed by atoms with van der Waals surface area (Å²) in [5.41, 5.74) is -1.25. The van der Waals surface area contributed by atoms with E-state index in [0.29, 0.717) is 19.3 Å². The molecule has 9 heteroatoms. The first-order chi connectivity index (χ1) is 9.54. The first-order valence-corrected chi connectivity index (χ1v) is 8.02. The van der Waals surface area contributed by atoms with Crippen LogP contribution in [0.25, 0.3) is 0 Å². The van der Waals surface area contributed by atoms with Gasteiger partial charge in [-0.2, -0.15) is 17.2 Å². The van der Waals surface area contributed by atoms with Crippen LogP contribution in [-0.2, 0) is 24.5 Å². The Kier molecular flexibility index (Phi) is 2.96. The van der Waals surface area contributed by atoms with Crippen LogP contribution in [0.2, 0.25) is 0 Å². The fourth-order valence-electron chi connectivity index (χ4n) is 4.16. The summed E-state index contributed by atoms with van der Waals surface area (Å²) in [6.45, 7) is 0. The molecule has 0 saturated heterocycles. The second-order valence-electron chi connectivity index (χ2n) is 6.27. The maximum atomic E-state index is 13.2. The van der Waals surface area contributed by atoms with Gasteiger partial charge in [-0.15, -0.1) is 0 Å². The highest BCUT2D eigenvalue weighted by atomic mass is 32.3. The normalized spacial score (nSPS) is 38.6. The number of hydrogen-bond acceptors (Lipinski definition) is 5. The van der Waals surface area contributed by atoms with Gasteiger partial charge >= 0.3 is 21.4 Å². The van der Waals surface area contributed by atoms with Crippen molar-refractivity contribution in [3.05, 3.63) is 0 Å². The summed E-state index contributed by atoms with van der Waals surface area (Å²) in [5.74, 6) is -2.90. The minimum absolute atomic E-state index is 0.0579. The molecule has 4 aliphatic rings. The van der Waals surface area contributed by atoms with E-state index in [1.54, 1.807) is 0 Å². The third-order valence-corrected chi connectivity index (χ3v) is 5.57. The number of halogens is 3. The predicted octanol–water partition coefficient (Wildman–Crippen LogP) is 1.57. The predicted molar refractivity (Wildman–Crippen MR) is 62.4 cm³/mol. The minimum Gasteiger partial charge on any atom is -0.454 e. The van der Waals surface area contributed by atoms with Gasteiger partial charge in [0, 0.05) is 11.8 Å². The van der Waals surface area contributed by atoms with Gasteiger partial charge < -0.3 is 4.74 Å². The van der Waals surface area contributed by atoms with Crippen LogP contribution in [0.3, 0.4) is 0 Å². The van der Waals surface area contributed by atoms with Crippen molar-refractivity contribution in [2.75, 3.05) is 0 Å². The molecular formula is C12H13F3O5S. The zero-order valence-corrected chi connectivity index (χ0v) is 11.7. The summed E-state index contributed by atoms with van der Waals surface area (Å²) < 4.78 is 64.3. The SMILES string of the molecule is O=C1C2CC3CC1CC(OC(=O)C(F)(F)S(=O)(=O)F)(C3)C2. The van der Waals surface area contributed by atoms with Crippen molar-refractivity contribution in [1.29, 1.82) is 0 Å². The van der Waals surface area contributed by atoms with Crippen LogP contribution in [0.15, 0.2) is 0 Å². The molecule has 4 aliphatic carbocycles. The quantitative estimate of drug-likeness (QED) is 0.581. The van der Waals surface area contributed by atoms with Gasteiger partial charge in [0.1, 0.15) is 11.4 Å². The number of rotatable bonds is 3. The van der Waals surface area contributed by atoms with Gasteiger partial charge in [0.25, 0.3) is 0 Å². The van der Waals surface area contributed by atoms with Crippen molar-refractivity contribution in [3.63, 3.8) is 0 Å². The molecule has 4 saturated carbocycles. The molecule has 2 atom stereocenters. The monoisotopic (exact) mass is 326 g/mol. The molecule has 5 nitrogen and oxygen atoms in total. The number of Topliss-reactive ketones (excluding diaryl/α,β-unsaturated/α-hetero) is 1. The number of carbonyl (C=O) groups excluding carboxylic acids is 2. The fraction of sp³-hybridized carbons (Fsp3) is 0.833. The van der Waals surface area contributed by atoms with Crippen LogP contribution in [0.1, 0.15) is 32.1 Å². The summed E-state index contributed by atoms with van der Waals surface area (Å²) >= 11 is 0. The first kappa shape index (κ1) is 14.8. The van der Waals surface area contributed by atoms with E-state index in [0.717, 1.165) is 0 Å². The summed E-state index contributed by atoms with van der Waals surface area (Å²) in [6, 6.07) is 0. The van der Waals surface area contributed by atoms with Crippen LogP contribution in [-0.4, -0.2) is 31.0 Å². The number of hydrogen-bond donors (Lipinski definition) is 0. The molecule has 0 spiro atoms. The Morgan fingerprint density at radius 1 is 1.19 bits per heavy atom. The Bertz CT molecular complexity index is 596. The highest BCUT2D eigenvalue weighted by Crippen LogP contribution is 2.56. The van der Waals surface area contributed by atoms with Gasteiger partial charge in [0.2, 0.25) is 0 Å². The molecule has 0 heterocycles. The molecule has 0 amide bonds. The molecule has 0 aliphatic heterocycles.